The fourth-order valence-corrected chi connectivity index (χ4v) is 4.35. The molecule has 2 rings (SSSR count). The van der Waals surface area contributed by atoms with Gasteiger partial charge in [-0.15, -0.1) is 0 Å². The van der Waals surface area contributed by atoms with E-state index in [1.54, 1.807) is 24.3 Å². The summed E-state index contributed by atoms with van der Waals surface area (Å²) >= 11 is 1.88. The van der Waals surface area contributed by atoms with Crippen LogP contribution in [0.2, 0.25) is 0 Å². The van der Waals surface area contributed by atoms with Gasteiger partial charge >= 0.3 is 0 Å². The summed E-state index contributed by atoms with van der Waals surface area (Å²) in [4.78, 5) is 0.282. The van der Waals surface area contributed by atoms with Crippen molar-refractivity contribution in [1.82, 2.24) is 5.32 Å². The van der Waals surface area contributed by atoms with Gasteiger partial charge in [0.1, 0.15) is 0 Å². The van der Waals surface area contributed by atoms with E-state index in [1.165, 1.54) is 19.1 Å². The monoisotopic (exact) mass is 329 g/mol. The van der Waals surface area contributed by atoms with E-state index in [2.05, 4.69) is 11.6 Å². The normalized spacial score (nSPS) is 24.1. The molecule has 0 aliphatic heterocycles. The molecule has 1 aromatic carbocycles. The molecular weight excluding hydrogens is 306 g/mol. The van der Waals surface area contributed by atoms with Crippen molar-refractivity contribution >= 4 is 21.6 Å². The average molecular weight is 329 g/mol. The Labute approximate surface area is 131 Å². The van der Waals surface area contributed by atoms with Crippen molar-refractivity contribution in [3.63, 3.8) is 0 Å². The third-order valence-corrected chi connectivity index (χ3v) is 6.32. The SMILES string of the molecule is CSC1CCCC1NCC(O)c1ccc(S(C)(=O)=O)cc1. The molecule has 1 aliphatic rings. The lowest BCUT2D eigenvalue weighted by Crippen LogP contribution is -2.36. The average Bonchev–Trinajstić information content (AvgIpc) is 2.91. The summed E-state index contributed by atoms with van der Waals surface area (Å²) in [7, 11) is -3.18. The van der Waals surface area contributed by atoms with Crippen LogP contribution < -0.4 is 5.32 Å². The van der Waals surface area contributed by atoms with E-state index >= 15 is 0 Å². The van der Waals surface area contributed by atoms with Gasteiger partial charge in [-0.05, 0) is 36.8 Å². The van der Waals surface area contributed by atoms with Gasteiger partial charge in [0.25, 0.3) is 0 Å². The summed E-state index contributed by atoms with van der Waals surface area (Å²) in [6.07, 6.45) is 6.33. The number of sulfone groups is 1. The molecule has 118 valence electrons. The zero-order valence-electron chi connectivity index (χ0n) is 12.5. The Balaban J connectivity index is 1.93. The van der Waals surface area contributed by atoms with Crippen molar-refractivity contribution in [2.75, 3.05) is 19.1 Å². The minimum atomic E-state index is -3.18. The van der Waals surface area contributed by atoms with Crippen molar-refractivity contribution in [2.24, 2.45) is 0 Å². The zero-order valence-corrected chi connectivity index (χ0v) is 14.1. The fourth-order valence-electron chi connectivity index (χ4n) is 2.76. The zero-order chi connectivity index (χ0) is 15.5. The highest BCUT2D eigenvalue weighted by atomic mass is 32.2. The molecule has 21 heavy (non-hydrogen) atoms. The Morgan fingerprint density at radius 2 is 2.00 bits per heavy atom. The summed E-state index contributed by atoms with van der Waals surface area (Å²) in [6, 6.07) is 6.93. The molecule has 2 N–H and O–H groups in total. The standard InChI is InChI=1S/C15H23NO3S2/c1-20-15-5-3-4-13(15)16-10-14(17)11-6-8-12(9-7-11)21(2,18)19/h6-9,13-17H,3-5,10H2,1-2H3. The minimum absolute atomic E-state index is 0.282. The largest absolute Gasteiger partial charge is 0.387 e. The highest BCUT2D eigenvalue weighted by Gasteiger charge is 2.26. The first-order valence-electron chi connectivity index (χ1n) is 7.16. The van der Waals surface area contributed by atoms with Gasteiger partial charge in [0.2, 0.25) is 0 Å². The first-order valence-corrected chi connectivity index (χ1v) is 10.3. The number of hydrogen-bond donors (Lipinski definition) is 2. The third kappa shape index (κ3) is 4.45. The van der Waals surface area contributed by atoms with Crippen molar-refractivity contribution in [2.45, 2.75) is 41.6 Å². The molecule has 3 atom stereocenters. The predicted molar refractivity (Wildman–Crippen MR) is 87.5 cm³/mol. The van der Waals surface area contributed by atoms with Crippen molar-refractivity contribution in [3.05, 3.63) is 29.8 Å². The molecule has 0 heterocycles. The van der Waals surface area contributed by atoms with E-state index in [9.17, 15) is 13.5 Å². The number of aliphatic hydroxyl groups excluding tert-OH is 1. The molecule has 1 aromatic rings. The molecule has 1 aliphatic carbocycles. The maximum Gasteiger partial charge on any atom is 0.175 e. The van der Waals surface area contributed by atoms with E-state index in [0.717, 1.165) is 12.0 Å². The van der Waals surface area contributed by atoms with Gasteiger partial charge in [-0.25, -0.2) is 8.42 Å². The summed E-state index contributed by atoms with van der Waals surface area (Å²) in [5, 5.41) is 14.3. The molecule has 0 saturated heterocycles. The molecule has 0 amide bonds. The van der Waals surface area contributed by atoms with Gasteiger partial charge in [0.05, 0.1) is 11.0 Å². The smallest absolute Gasteiger partial charge is 0.175 e. The Morgan fingerprint density at radius 3 is 2.57 bits per heavy atom. The highest BCUT2D eigenvalue weighted by Crippen LogP contribution is 2.28. The van der Waals surface area contributed by atoms with Gasteiger partial charge in [0.15, 0.2) is 9.84 Å². The highest BCUT2D eigenvalue weighted by molar-refractivity contribution is 7.99. The lowest BCUT2D eigenvalue weighted by Gasteiger charge is -2.21. The van der Waals surface area contributed by atoms with Crippen LogP contribution in [0.3, 0.4) is 0 Å². The second kappa shape index (κ2) is 7.13. The maximum atomic E-state index is 11.4. The molecule has 0 spiro atoms. The lowest BCUT2D eigenvalue weighted by molar-refractivity contribution is 0.170. The van der Waals surface area contributed by atoms with E-state index in [-0.39, 0.29) is 4.90 Å². The van der Waals surface area contributed by atoms with Gasteiger partial charge < -0.3 is 10.4 Å². The van der Waals surface area contributed by atoms with Crippen LogP contribution in [0.5, 0.6) is 0 Å². The number of hydrogen-bond acceptors (Lipinski definition) is 5. The van der Waals surface area contributed by atoms with Crippen molar-refractivity contribution in [3.8, 4) is 0 Å². The molecule has 1 fully saturated rings. The molecule has 1 saturated carbocycles. The summed E-state index contributed by atoms with van der Waals surface area (Å²) in [6.45, 7) is 0.500. The molecule has 6 heteroatoms. The molecule has 0 bridgehead atoms. The summed E-state index contributed by atoms with van der Waals surface area (Å²) in [5.41, 5.74) is 0.744. The van der Waals surface area contributed by atoms with Gasteiger partial charge in [0, 0.05) is 24.1 Å². The molecule has 0 aromatic heterocycles. The van der Waals surface area contributed by atoms with Crippen molar-refractivity contribution in [1.29, 1.82) is 0 Å². The van der Waals surface area contributed by atoms with E-state index in [4.69, 9.17) is 0 Å². The molecule has 3 unspecified atom stereocenters. The quantitative estimate of drug-likeness (QED) is 0.835. The van der Waals surface area contributed by atoms with Gasteiger partial charge in [-0.1, -0.05) is 18.6 Å². The number of thioether (sulfide) groups is 1. The Kier molecular flexibility index (Phi) is 5.71. The Hall–Kier alpha value is -0.560. The molecular formula is C15H23NO3S2. The number of nitrogens with one attached hydrogen (secondary N) is 1. The predicted octanol–water partition coefficient (Wildman–Crippen LogP) is 2.00. The van der Waals surface area contributed by atoms with Crippen molar-refractivity contribution < 1.29 is 13.5 Å². The van der Waals surface area contributed by atoms with Crippen LogP contribution in [0.1, 0.15) is 30.9 Å². The van der Waals surface area contributed by atoms with Crippen LogP contribution in [-0.4, -0.2) is 43.9 Å². The lowest BCUT2D eigenvalue weighted by atomic mass is 10.1. The number of rotatable bonds is 6. The summed E-state index contributed by atoms with van der Waals surface area (Å²) in [5.74, 6) is 0. The van der Waals surface area contributed by atoms with E-state index < -0.39 is 15.9 Å². The van der Waals surface area contributed by atoms with Crippen LogP contribution in [0, 0.1) is 0 Å². The van der Waals surface area contributed by atoms with Crippen LogP contribution in [0.4, 0.5) is 0 Å². The van der Waals surface area contributed by atoms with Crippen LogP contribution in [0.25, 0.3) is 0 Å². The number of benzene rings is 1. The molecule has 0 radical (unpaired) electrons. The maximum absolute atomic E-state index is 11.4. The van der Waals surface area contributed by atoms with Crippen LogP contribution in [0.15, 0.2) is 29.2 Å². The minimum Gasteiger partial charge on any atom is -0.387 e. The van der Waals surface area contributed by atoms with E-state index in [1.807, 2.05) is 11.8 Å². The topological polar surface area (TPSA) is 66.4 Å². The summed E-state index contributed by atoms with van der Waals surface area (Å²) < 4.78 is 22.8. The number of aliphatic hydroxyl groups is 1. The van der Waals surface area contributed by atoms with E-state index in [0.29, 0.717) is 17.8 Å². The van der Waals surface area contributed by atoms with Gasteiger partial charge in [-0.3, -0.25) is 0 Å². The Bertz CT molecular complexity index is 557. The molecule has 4 nitrogen and oxygen atoms in total. The second-order valence-corrected chi connectivity index (χ2v) is 8.67. The van der Waals surface area contributed by atoms with Crippen LogP contribution in [-0.2, 0) is 9.84 Å². The second-order valence-electron chi connectivity index (χ2n) is 5.58. The van der Waals surface area contributed by atoms with Crippen LogP contribution >= 0.6 is 11.8 Å². The third-order valence-electron chi connectivity index (χ3n) is 4.02. The Morgan fingerprint density at radius 1 is 1.33 bits per heavy atom. The first kappa shape index (κ1) is 16.8. The van der Waals surface area contributed by atoms with Gasteiger partial charge in [-0.2, -0.15) is 11.8 Å². The fraction of sp³-hybridized carbons (Fsp3) is 0.600. The first-order chi connectivity index (χ1) is 9.91.